The second-order valence-corrected chi connectivity index (χ2v) is 25.4. The second kappa shape index (κ2) is 45.4. The standard InChI is InChI=1S/C66H114N2O25/c1-9-10-24-34-50(48(75)33-27-21-18-20-26-32-47(74)31-25-19-16-14-12-11-13-15-17-22-28-35-54(77)67-36-29-23-30-37-68(7)8)90-65-61(93-64-57(80)59(87-44(4)71)52(40-83-64)85-42(2)69)58(49(76)38-81-65)92-63-56(79)55(78)51(39-82-63)91-66-62(89-46(6)73)60(88-45(5)72)53(41-84-66)86-43(3)70/h48-53,55-66,75-76,78-80H,9-41H2,1-8H3,(H,67,77). The van der Waals surface area contributed by atoms with Crippen LogP contribution in [0, 0.1) is 0 Å². The van der Waals surface area contributed by atoms with Crippen LogP contribution in [0.4, 0.5) is 0 Å². The van der Waals surface area contributed by atoms with Crippen LogP contribution in [0.3, 0.4) is 0 Å². The van der Waals surface area contributed by atoms with Gasteiger partial charge >= 0.3 is 29.8 Å². The Hall–Kier alpha value is -4.07. The van der Waals surface area contributed by atoms with Crippen molar-refractivity contribution in [2.45, 2.75) is 326 Å². The Morgan fingerprint density at radius 2 is 0.892 bits per heavy atom. The van der Waals surface area contributed by atoms with E-state index in [2.05, 4.69) is 24.3 Å². The number of hydrogen-bond donors (Lipinski definition) is 6. The summed E-state index contributed by atoms with van der Waals surface area (Å²) < 4.78 is 75.6. The van der Waals surface area contributed by atoms with Crippen molar-refractivity contribution < 1.29 is 121 Å². The molecule has 0 saturated carbocycles. The van der Waals surface area contributed by atoms with Crippen molar-refractivity contribution in [3.05, 3.63) is 0 Å². The molecule has 18 atom stereocenters. The lowest BCUT2D eigenvalue weighted by molar-refractivity contribution is -0.379. The summed E-state index contributed by atoms with van der Waals surface area (Å²) in [7, 11) is 4.16. The monoisotopic (exact) mass is 1330 g/mol. The number of Topliss-reactive ketones (excluding diaryl/α,β-unsaturated/α-hetero) is 1. The molecule has 0 aromatic heterocycles. The molecule has 538 valence electrons. The minimum Gasteiger partial charge on any atom is -0.456 e. The number of amides is 1. The molecule has 4 aliphatic rings. The first-order valence-electron chi connectivity index (χ1n) is 34.3. The summed E-state index contributed by atoms with van der Waals surface area (Å²) in [6, 6.07) is 0. The number of unbranched alkanes of at least 4 members (excludes halogenated alkanes) is 18. The zero-order valence-electron chi connectivity index (χ0n) is 56.6. The third kappa shape index (κ3) is 31.3. The molecule has 4 fully saturated rings. The molecule has 93 heavy (non-hydrogen) atoms. The average Bonchev–Trinajstić information content (AvgIpc) is 0.821. The maximum absolute atomic E-state index is 12.7. The number of ether oxygens (including phenoxy) is 13. The molecule has 0 bridgehead atoms. The van der Waals surface area contributed by atoms with E-state index in [0.717, 1.165) is 138 Å². The number of carbonyl (C=O) groups is 7. The number of ketones is 1. The molecule has 4 aliphatic heterocycles. The smallest absolute Gasteiger partial charge is 0.303 e. The summed E-state index contributed by atoms with van der Waals surface area (Å²) in [4.78, 5) is 87.7. The minimum absolute atomic E-state index is 0.172. The highest BCUT2D eigenvalue weighted by Crippen LogP contribution is 2.35. The van der Waals surface area contributed by atoms with E-state index >= 15 is 0 Å². The van der Waals surface area contributed by atoms with Gasteiger partial charge in [-0.05, 0) is 65.6 Å². The summed E-state index contributed by atoms with van der Waals surface area (Å²) >= 11 is 0. The number of rotatable bonds is 46. The zero-order chi connectivity index (χ0) is 68.2. The van der Waals surface area contributed by atoms with Crippen LogP contribution in [0.25, 0.3) is 0 Å². The van der Waals surface area contributed by atoms with Crippen molar-refractivity contribution in [2.75, 3.05) is 53.6 Å². The van der Waals surface area contributed by atoms with Crippen LogP contribution < -0.4 is 5.32 Å². The Bertz CT molecular complexity index is 2160. The Morgan fingerprint density at radius 1 is 0.441 bits per heavy atom. The maximum Gasteiger partial charge on any atom is 0.303 e. The molecule has 27 nitrogen and oxygen atoms in total. The van der Waals surface area contributed by atoms with Crippen LogP contribution in [-0.4, -0.2) is 236 Å². The summed E-state index contributed by atoms with van der Waals surface area (Å²) in [5, 5.41) is 61.4. The van der Waals surface area contributed by atoms with Crippen molar-refractivity contribution in [1.82, 2.24) is 10.2 Å². The SMILES string of the molecule is CCCCCC(OC1OCC(O)C(OC2OCC(OC3OCC(OC(C)=O)C(OC(C)=O)C3OC(C)=O)C(O)C2O)C1OC1OCC(OC(C)=O)C(OC(C)=O)C1O)C(O)CCCCCCCC(=O)CCCCCCCCCCCCCC(=O)NCCCCCN(C)C. The molecule has 4 saturated heterocycles. The van der Waals surface area contributed by atoms with Gasteiger partial charge in [-0.15, -0.1) is 0 Å². The van der Waals surface area contributed by atoms with E-state index in [9.17, 15) is 59.1 Å². The predicted molar refractivity (Wildman–Crippen MR) is 333 cm³/mol. The molecular formula is C66H114N2O25. The topological polar surface area (TPSA) is 356 Å². The number of nitrogens with zero attached hydrogens (tertiary/aromatic N) is 1. The van der Waals surface area contributed by atoms with Crippen LogP contribution in [0.2, 0.25) is 0 Å². The van der Waals surface area contributed by atoms with Crippen molar-refractivity contribution in [3.8, 4) is 0 Å². The van der Waals surface area contributed by atoms with Gasteiger partial charge in [0.25, 0.3) is 0 Å². The van der Waals surface area contributed by atoms with Crippen molar-refractivity contribution >= 4 is 41.5 Å². The molecule has 0 aromatic carbocycles. The highest BCUT2D eigenvalue weighted by Gasteiger charge is 2.54. The maximum atomic E-state index is 12.7. The lowest BCUT2D eigenvalue weighted by atomic mass is 9.98. The number of nitrogens with one attached hydrogen (secondary N) is 1. The normalized spacial score (nSPS) is 28.8. The lowest BCUT2D eigenvalue weighted by Gasteiger charge is -2.47. The number of aliphatic hydroxyl groups is 5. The average molecular weight is 1340 g/mol. The van der Waals surface area contributed by atoms with Gasteiger partial charge in [0, 0.05) is 60.4 Å². The number of aliphatic hydroxyl groups excluding tert-OH is 5. The van der Waals surface area contributed by atoms with Crippen LogP contribution in [0.5, 0.6) is 0 Å². The van der Waals surface area contributed by atoms with Gasteiger partial charge < -0.3 is 97.3 Å². The van der Waals surface area contributed by atoms with E-state index in [4.69, 9.17) is 61.6 Å². The number of carbonyl (C=O) groups excluding carboxylic acids is 7. The van der Waals surface area contributed by atoms with Gasteiger partial charge in [-0.1, -0.05) is 116 Å². The Morgan fingerprint density at radius 3 is 1.45 bits per heavy atom. The molecular weight excluding hydrogens is 1220 g/mol. The highest BCUT2D eigenvalue weighted by atomic mass is 16.8. The highest BCUT2D eigenvalue weighted by molar-refractivity contribution is 5.78. The summed E-state index contributed by atoms with van der Waals surface area (Å²) in [5.74, 6) is -3.52. The summed E-state index contributed by atoms with van der Waals surface area (Å²) in [5.41, 5.74) is 0. The molecule has 18 unspecified atom stereocenters. The minimum atomic E-state index is -1.95. The molecule has 4 rings (SSSR count). The first-order chi connectivity index (χ1) is 44.5. The van der Waals surface area contributed by atoms with Gasteiger partial charge in [-0.3, -0.25) is 33.6 Å². The number of esters is 5. The third-order valence-corrected chi connectivity index (χ3v) is 16.8. The quantitative estimate of drug-likeness (QED) is 0.0259. The van der Waals surface area contributed by atoms with Crippen LogP contribution in [-0.2, 0) is 95.1 Å². The van der Waals surface area contributed by atoms with Crippen LogP contribution >= 0.6 is 0 Å². The van der Waals surface area contributed by atoms with Gasteiger partial charge in [-0.2, -0.15) is 0 Å². The Balaban J connectivity index is 1.29. The lowest BCUT2D eigenvalue weighted by Crippen LogP contribution is -2.65. The van der Waals surface area contributed by atoms with Crippen molar-refractivity contribution in [1.29, 1.82) is 0 Å². The molecule has 6 N–H and O–H groups in total. The van der Waals surface area contributed by atoms with Crippen LogP contribution in [0.1, 0.15) is 215 Å². The van der Waals surface area contributed by atoms with Gasteiger partial charge in [0.2, 0.25) is 5.91 Å². The molecule has 1 amide bonds. The first-order valence-corrected chi connectivity index (χ1v) is 34.3. The van der Waals surface area contributed by atoms with E-state index in [1.807, 2.05) is 6.92 Å². The van der Waals surface area contributed by atoms with E-state index in [-0.39, 0.29) is 11.7 Å². The Kier molecular flexibility index (Phi) is 39.7. The molecule has 4 heterocycles. The zero-order valence-corrected chi connectivity index (χ0v) is 56.6. The molecule has 0 aromatic rings. The van der Waals surface area contributed by atoms with Gasteiger partial charge in [0.05, 0.1) is 38.6 Å². The van der Waals surface area contributed by atoms with E-state index in [1.54, 1.807) is 0 Å². The molecule has 0 aliphatic carbocycles. The van der Waals surface area contributed by atoms with E-state index in [0.29, 0.717) is 44.9 Å². The van der Waals surface area contributed by atoms with E-state index < -0.39 is 167 Å². The fraction of sp³-hybridized carbons (Fsp3) is 0.894. The molecule has 27 heteroatoms. The fourth-order valence-corrected chi connectivity index (χ4v) is 11.9. The number of hydrogen-bond acceptors (Lipinski definition) is 26. The summed E-state index contributed by atoms with van der Waals surface area (Å²) in [6.07, 6.45) is -2.72. The third-order valence-electron chi connectivity index (χ3n) is 16.8. The van der Waals surface area contributed by atoms with Gasteiger partial charge in [-0.25, -0.2) is 0 Å². The predicted octanol–water partition coefficient (Wildman–Crippen LogP) is 5.21. The van der Waals surface area contributed by atoms with E-state index in [1.165, 1.54) is 38.5 Å². The van der Waals surface area contributed by atoms with Gasteiger partial charge in [0.15, 0.2) is 55.7 Å². The second-order valence-electron chi connectivity index (χ2n) is 25.4. The van der Waals surface area contributed by atoms with Gasteiger partial charge in [0.1, 0.15) is 48.5 Å². The molecule has 0 radical (unpaired) electrons. The van der Waals surface area contributed by atoms with Crippen molar-refractivity contribution in [3.63, 3.8) is 0 Å². The summed E-state index contributed by atoms with van der Waals surface area (Å²) in [6.45, 7) is 7.56. The first kappa shape index (κ1) is 81.4. The fourth-order valence-electron chi connectivity index (χ4n) is 11.9. The largest absolute Gasteiger partial charge is 0.456 e. The molecule has 0 spiro atoms. The Labute approximate surface area is 549 Å². The van der Waals surface area contributed by atoms with Crippen LogP contribution in [0.15, 0.2) is 0 Å². The van der Waals surface area contributed by atoms with Crippen molar-refractivity contribution in [2.24, 2.45) is 0 Å².